The molecule has 1 aromatic heterocycles. The van der Waals surface area contributed by atoms with Crippen molar-refractivity contribution in [3.05, 3.63) is 28.4 Å². The second-order valence-corrected chi connectivity index (χ2v) is 4.33. The van der Waals surface area contributed by atoms with E-state index in [4.69, 9.17) is 5.73 Å². The van der Waals surface area contributed by atoms with E-state index >= 15 is 0 Å². The number of nitrogens with one attached hydrogen (secondary N) is 1. The van der Waals surface area contributed by atoms with Gasteiger partial charge in [-0.1, -0.05) is 6.92 Å². The molecule has 74 valence electrons. The van der Waals surface area contributed by atoms with Crippen molar-refractivity contribution < 1.29 is 0 Å². The SMILES string of the molecule is CC(CN)c1cc(Br)c2[nH]ncc2c1. The van der Waals surface area contributed by atoms with Gasteiger partial charge in [0.1, 0.15) is 0 Å². The maximum atomic E-state index is 5.63. The van der Waals surface area contributed by atoms with Crippen molar-refractivity contribution in [2.75, 3.05) is 6.54 Å². The number of rotatable bonds is 2. The molecule has 0 saturated heterocycles. The molecule has 0 bridgehead atoms. The van der Waals surface area contributed by atoms with Crippen LogP contribution in [0.3, 0.4) is 0 Å². The highest BCUT2D eigenvalue weighted by atomic mass is 79.9. The third-order valence-corrected chi connectivity index (χ3v) is 3.07. The molecule has 0 fully saturated rings. The monoisotopic (exact) mass is 253 g/mol. The van der Waals surface area contributed by atoms with Gasteiger partial charge in [-0.25, -0.2) is 0 Å². The Labute approximate surface area is 90.8 Å². The van der Waals surface area contributed by atoms with Crippen LogP contribution in [0.5, 0.6) is 0 Å². The zero-order valence-electron chi connectivity index (χ0n) is 7.92. The van der Waals surface area contributed by atoms with Gasteiger partial charge in [0.25, 0.3) is 0 Å². The lowest BCUT2D eigenvalue weighted by Crippen LogP contribution is -2.08. The highest BCUT2D eigenvalue weighted by molar-refractivity contribution is 9.10. The van der Waals surface area contributed by atoms with Crippen molar-refractivity contribution >= 4 is 26.8 Å². The molecule has 3 N–H and O–H groups in total. The van der Waals surface area contributed by atoms with Crippen LogP contribution >= 0.6 is 15.9 Å². The fourth-order valence-corrected chi connectivity index (χ4v) is 2.04. The van der Waals surface area contributed by atoms with Crippen LogP contribution in [-0.2, 0) is 0 Å². The maximum Gasteiger partial charge on any atom is 0.0792 e. The minimum Gasteiger partial charge on any atom is -0.330 e. The molecule has 14 heavy (non-hydrogen) atoms. The molecule has 0 amide bonds. The van der Waals surface area contributed by atoms with Crippen LogP contribution in [0.4, 0.5) is 0 Å². The number of fused-ring (bicyclic) bond motifs is 1. The van der Waals surface area contributed by atoms with Crippen molar-refractivity contribution in [1.29, 1.82) is 0 Å². The summed E-state index contributed by atoms with van der Waals surface area (Å²) < 4.78 is 1.04. The normalized spacial score (nSPS) is 13.4. The first kappa shape index (κ1) is 9.68. The van der Waals surface area contributed by atoms with Gasteiger partial charge in [0, 0.05) is 9.86 Å². The summed E-state index contributed by atoms with van der Waals surface area (Å²) in [5.41, 5.74) is 7.92. The second kappa shape index (κ2) is 3.71. The number of nitrogens with zero attached hydrogens (tertiary/aromatic N) is 1. The Kier molecular flexibility index (Phi) is 2.56. The molecule has 3 nitrogen and oxygen atoms in total. The fraction of sp³-hybridized carbons (Fsp3) is 0.300. The van der Waals surface area contributed by atoms with E-state index in [0.717, 1.165) is 15.4 Å². The third-order valence-electron chi connectivity index (χ3n) is 2.45. The first-order chi connectivity index (χ1) is 6.72. The van der Waals surface area contributed by atoms with Gasteiger partial charge in [0.05, 0.1) is 11.7 Å². The van der Waals surface area contributed by atoms with Crippen molar-refractivity contribution in [1.82, 2.24) is 10.2 Å². The molecule has 0 aliphatic heterocycles. The minimum absolute atomic E-state index is 0.380. The number of benzene rings is 1. The number of nitrogens with two attached hydrogens (primary N) is 1. The van der Waals surface area contributed by atoms with Gasteiger partial charge in [-0.05, 0) is 46.1 Å². The van der Waals surface area contributed by atoms with E-state index in [1.165, 1.54) is 5.56 Å². The van der Waals surface area contributed by atoms with E-state index in [0.29, 0.717) is 12.5 Å². The van der Waals surface area contributed by atoms with Crippen LogP contribution in [-0.4, -0.2) is 16.7 Å². The molecule has 0 spiro atoms. The Balaban J connectivity index is 2.58. The van der Waals surface area contributed by atoms with Crippen molar-refractivity contribution in [2.24, 2.45) is 5.73 Å². The average molecular weight is 254 g/mol. The highest BCUT2D eigenvalue weighted by Gasteiger charge is 2.08. The van der Waals surface area contributed by atoms with Crippen LogP contribution in [0, 0.1) is 0 Å². The van der Waals surface area contributed by atoms with E-state index in [2.05, 4.69) is 45.2 Å². The molecule has 2 aromatic rings. The molecule has 2 rings (SSSR count). The van der Waals surface area contributed by atoms with E-state index in [1.54, 1.807) is 0 Å². The maximum absolute atomic E-state index is 5.63. The van der Waals surface area contributed by atoms with Crippen LogP contribution in [0.15, 0.2) is 22.8 Å². The fourth-order valence-electron chi connectivity index (χ4n) is 1.46. The summed E-state index contributed by atoms with van der Waals surface area (Å²) in [5, 5.41) is 8.07. The zero-order valence-corrected chi connectivity index (χ0v) is 9.51. The summed E-state index contributed by atoms with van der Waals surface area (Å²) in [4.78, 5) is 0. The lowest BCUT2D eigenvalue weighted by Gasteiger charge is -2.09. The molecule has 0 saturated carbocycles. The van der Waals surface area contributed by atoms with E-state index in [-0.39, 0.29) is 0 Å². The molecule has 0 aliphatic carbocycles. The highest BCUT2D eigenvalue weighted by Crippen LogP contribution is 2.27. The summed E-state index contributed by atoms with van der Waals surface area (Å²) in [5.74, 6) is 0.380. The second-order valence-electron chi connectivity index (χ2n) is 3.47. The molecule has 1 aromatic carbocycles. The van der Waals surface area contributed by atoms with Crippen molar-refractivity contribution in [3.8, 4) is 0 Å². The summed E-state index contributed by atoms with van der Waals surface area (Å²) in [6.45, 7) is 2.78. The largest absolute Gasteiger partial charge is 0.330 e. The number of hydrogen-bond donors (Lipinski definition) is 2. The Morgan fingerprint density at radius 2 is 2.36 bits per heavy atom. The molecule has 1 heterocycles. The van der Waals surface area contributed by atoms with Crippen LogP contribution in [0.2, 0.25) is 0 Å². The standard InChI is InChI=1S/C10H12BrN3/c1-6(4-12)7-2-8-5-13-14-10(8)9(11)3-7/h2-3,5-6H,4,12H2,1H3,(H,13,14). The van der Waals surface area contributed by atoms with Crippen molar-refractivity contribution in [3.63, 3.8) is 0 Å². The first-order valence-electron chi connectivity index (χ1n) is 4.55. The molecule has 4 heteroatoms. The zero-order chi connectivity index (χ0) is 10.1. The predicted molar refractivity (Wildman–Crippen MR) is 61.3 cm³/mol. The van der Waals surface area contributed by atoms with E-state index in [9.17, 15) is 0 Å². The summed E-state index contributed by atoms with van der Waals surface area (Å²) in [7, 11) is 0. The minimum atomic E-state index is 0.380. The molecular weight excluding hydrogens is 242 g/mol. The topological polar surface area (TPSA) is 54.7 Å². The van der Waals surface area contributed by atoms with Crippen LogP contribution in [0.1, 0.15) is 18.4 Å². The molecule has 0 radical (unpaired) electrons. The van der Waals surface area contributed by atoms with Gasteiger partial charge in [0.15, 0.2) is 0 Å². The van der Waals surface area contributed by atoms with Gasteiger partial charge in [-0.15, -0.1) is 0 Å². The Morgan fingerprint density at radius 3 is 3.07 bits per heavy atom. The number of hydrogen-bond acceptors (Lipinski definition) is 2. The van der Waals surface area contributed by atoms with Crippen LogP contribution < -0.4 is 5.73 Å². The predicted octanol–water partition coefficient (Wildman–Crippen LogP) is 2.39. The van der Waals surface area contributed by atoms with Gasteiger partial charge in [-0.3, -0.25) is 5.10 Å². The van der Waals surface area contributed by atoms with Gasteiger partial charge < -0.3 is 5.73 Å². The van der Waals surface area contributed by atoms with Gasteiger partial charge in [0.2, 0.25) is 0 Å². The van der Waals surface area contributed by atoms with Gasteiger partial charge >= 0.3 is 0 Å². The Bertz CT molecular complexity index is 450. The third kappa shape index (κ3) is 1.55. The summed E-state index contributed by atoms with van der Waals surface area (Å²) in [6, 6.07) is 4.22. The smallest absolute Gasteiger partial charge is 0.0792 e. The average Bonchev–Trinajstić information content (AvgIpc) is 2.64. The number of H-pyrrole nitrogens is 1. The molecule has 1 unspecified atom stereocenters. The lowest BCUT2D eigenvalue weighted by molar-refractivity contribution is 0.775. The summed E-state index contributed by atoms with van der Waals surface area (Å²) in [6.07, 6.45) is 1.83. The van der Waals surface area contributed by atoms with Crippen LogP contribution in [0.25, 0.3) is 10.9 Å². The van der Waals surface area contributed by atoms with Crippen molar-refractivity contribution in [2.45, 2.75) is 12.8 Å². The Morgan fingerprint density at radius 1 is 1.57 bits per heavy atom. The van der Waals surface area contributed by atoms with Gasteiger partial charge in [-0.2, -0.15) is 5.10 Å². The molecular formula is C10H12BrN3. The number of aromatic nitrogens is 2. The van der Waals surface area contributed by atoms with E-state index < -0.39 is 0 Å². The molecule has 1 atom stereocenters. The molecule has 0 aliphatic rings. The Hall–Kier alpha value is -0.870. The van der Waals surface area contributed by atoms with E-state index in [1.807, 2.05) is 6.20 Å². The quantitative estimate of drug-likeness (QED) is 0.864. The number of aromatic amines is 1. The lowest BCUT2D eigenvalue weighted by atomic mass is 10.0. The summed E-state index contributed by atoms with van der Waals surface area (Å²) >= 11 is 3.51. The first-order valence-corrected chi connectivity index (χ1v) is 5.34. The number of halogens is 1.